The molecular weight excluding hydrogens is 228 g/mol. The molecule has 0 saturated carbocycles. The predicted octanol–water partition coefficient (Wildman–Crippen LogP) is 1.04. The van der Waals surface area contributed by atoms with E-state index in [1.165, 1.54) is 0 Å². The molecular formula is C13H18N4O. The Hall–Kier alpha value is -1.72. The number of fused-ring (bicyclic) bond motifs is 1. The Kier molecular flexibility index (Phi) is 4.44. The van der Waals surface area contributed by atoms with Crippen LogP contribution >= 0.6 is 0 Å². The van der Waals surface area contributed by atoms with Crippen LogP contribution in [0.2, 0.25) is 0 Å². The largest absolute Gasteiger partial charge is 0.383 e. The van der Waals surface area contributed by atoms with Gasteiger partial charge in [0.1, 0.15) is 0 Å². The Morgan fingerprint density at radius 3 is 2.89 bits per heavy atom. The van der Waals surface area contributed by atoms with Crippen molar-refractivity contribution < 1.29 is 4.74 Å². The van der Waals surface area contributed by atoms with Crippen molar-refractivity contribution in [3.63, 3.8) is 0 Å². The second kappa shape index (κ2) is 6.28. The summed E-state index contributed by atoms with van der Waals surface area (Å²) in [5.41, 5.74) is 7.62. The quantitative estimate of drug-likeness (QED) is 0.825. The van der Waals surface area contributed by atoms with Gasteiger partial charge in [0.2, 0.25) is 0 Å². The smallest absolute Gasteiger partial charge is 0.0950 e. The molecule has 5 nitrogen and oxygen atoms in total. The molecule has 2 aromatic rings. The average molecular weight is 246 g/mol. The van der Waals surface area contributed by atoms with Gasteiger partial charge in [-0.05, 0) is 6.07 Å². The monoisotopic (exact) mass is 246 g/mol. The van der Waals surface area contributed by atoms with Crippen LogP contribution in [0.4, 0.5) is 5.69 Å². The van der Waals surface area contributed by atoms with Gasteiger partial charge in [-0.1, -0.05) is 18.2 Å². The third kappa shape index (κ3) is 2.75. The van der Waals surface area contributed by atoms with E-state index in [-0.39, 0.29) is 0 Å². The minimum Gasteiger partial charge on any atom is -0.383 e. The first kappa shape index (κ1) is 12.7. The third-order valence-corrected chi connectivity index (χ3v) is 2.83. The number of nitrogens with zero attached hydrogens (tertiary/aromatic N) is 3. The van der Waals surface area contributed by atoms with Gasteiger partial charge in [-0.15, -0.1) is 0 Å². The molecule has 2 rings (SSSR count). The first-order chi connectivity index (χ1) is 8.86. The summed E-state index contributed by atoms with van der Waals surface area (Å²) in [6.45, 7) is 2.83. The van der Waals surface area contributed by atoms with Gasteiger partial charge < -0.3 is 15.4 Å². The van der Waals surface area contributed by atoms with E-state index in [4.69, 9.17) is 10.5 Å². The van der Waals surface area contributed by atoms with Gasteiger partial charge in [0, 0.05) is 32.1 Å². The fourth-order valence-electron chi connectivity index (χ4n) is 1.95. The molecule has 0 amide bonds. The van der Waals surface area contributed by atoms with E-state index in [1.54, 1.807) is 13.3 Å². The summed E-state index contributed by atoms with van der Waals surface area (Å²) >= 11 is 0. The van der Waals surface area contributed by atoms with Gasteiger partial charge >= 0.3 is 0 Å². The van der Waals surface area contributed by atoms with Crippen molar-refractivity contribution in [3.05, 3.63) is 30.5 Å². The zero-order valence-corrected chi connectivity index (χ0v) is 10.5. The highest BCUT2D eigenvalue weighted by atomic mass is 16.5. The van der Waals surface area contributed by atoms with Crippen molar-refractivity contribution >= 4 is 16.6 Å². The lowest BCUT2D eigenvalue weighted by molar-refractivity contribution is 0.205. The number of anilines is 1. The summed E-state index contributed by atoms with van der Waals surface area (Å²) in [4.78, 5) is 2.18. The molecule has 0 bridgehead atoms. The Morgan fingerprint density at radius 1 is 1.28 bits per heavy atom. The molecule has 0 fully saturated rings. The number of hydrogen-bond donors (Lipinski definition) is 1. The maximum absolute atomic E-state index is 5.66. The molecule has 0 aliphatic heterocycles. The molecule has 0 aliphatic carbocycles. The average Bonchev–Trinajstić information content (AvgIpc) is 2.43. The zero-order chi connectivity index (χ0) is 12.8. The Balaban J connectivity index is 2.36. The van der Waals surface area contributed by atoms with Crippen molar-refractivity contribution in [3.8, 4) is 0 Å². The van der Waals surface area contributed by atoms with Gasteiger partial charge in [-0.25, -0.2) is 0 Å². The van der Waals surface area contributed by atoms with E-state index in [1.807, 2.05) is 18.2 Å². The van der Waals surface area contributed by atoms with Crippen molar-refractivity contribution in [2.45, 2.75) is 0 Å². The fourth-order valence-corrected chi connectivity index (χ4v) is 1.95. The van der Waals surface area contributed by atoms with Gasteiger partial charge in [0.25, 0.3) is 0 Å². The van der Waals surface area contributed by atoms with Crippen molar-refractivity contribution in [1.29, 1.82) is 0 Å². The summed E-state index contributed by atoms with van der Waals surface area (Å²) < 4.78 is 5.13. The van der Waals surface area contributed by atoms with Crippen LogP contribution in [-0.2, 0) is 4.74 Å². The highest BCUT2D eigenvalue weighted by molar-refractivity contribution is 5.90. The second-order valence-electron chi connectivity index (χ2n) is 4.02. The van der Waals surface area contributed by atoms with Gasteiger partial charge in [-0.3, -0.25) is 0 Å². The van der Waals surface area contributed by atoms with Crippen LogP contribution in [0.3, 0.4) is 0 Å². The lowest BCUT2D eigenvalue weighted by atomic mass is 10.2. The first-order valence-electron chi connectivity index (χ1n) is 6.01. The lowest BCUT2D eigenvalue weighted by Crippen LogP contribution is -2.32. The van der Waals surface area contributed by atoms with Crippen LogP contribution < -0.4 is 10.6 Å². The number of aromatic nitrogens is 2. The second-order valence-corrected chi connectivity index (χ2v) is 4.02. The van der Waals surface area contributed by atoms with E-state index < -0.39 is 0 Å². The van der Waals surface area contributed by atoms with Crippen molar-refractivity contribution in [2.24, 2.45) is 5.73 Å². The number of methoxy groups -OCH3 is 1. The highest BCUT2D eigenvalue weighted by Gasteiger charge is 2.10. The van der Waals surface area contributed by atoms with E-state index in [0.29, 0.717) is 13.2 Å². The van der Waals surface area contributed by atoms with E-state index in [0.717, 1.165) is 29.7 Å². The van der Waals surface area contributed by atoms with Crippen molar-refractivity contribution in [2.75, 3.05) is 38.3 Å². The topological polar surface area (TPSA) is 64.3 Å². The fraction of sp³-hybridized carbons (Fsp3) is 0.385. The normalized spacial score (nSPS) is 10.8. The van der Waals surface area contributed by atoms with Crippen LogP contribution in [-0.4, -0.2) is 43.5 Å². The van der Waals surface area contributed by atoms with Crippen LogP contribution in [0.1, 0.15) is 0 Å². The Bertz CT molecular complexity index is 498. The predicted molar refractivity (Wildman–Crippen MR) is 72.7 cm³/mol. The first-order valence-corrected chi connectivity index (χ1v) is 6.01. The van der Waals surface area contributed by atoms with Crippen molar-refractivity contribution in [1.82, 2.24) is 10.2 Å². The van der Waals surface area contributed by atoms with Crippen LogP contribution in [0, 0.1) is 0 Å². The number of benzene rings is 1. The van der Waals surface area contributed by atoms with Gasteiger partial charge in [-0.2, -0.15) is 10.2 Å². The third-order valence-electron chi connectivity index (χ3n) is 2.83. The van der Waals surface area contributed by atoms with Crippen LogP contribution in [0.5, 0.6) is 0 Å². The van der Waals surface area contributed by atoms with Crippen LogP contribution in [0.15, 0.2) is 30.5 Å². The standard InChI is InChI=1S/C13H18N4O/c1-18-9-8-17(7-6-14)13-10-15-16-12-5-3-2-4-11(12)13/h2-5,10H,6-9,14H2,1H3. The molecule has 5 heteroatoms. The minimum atomic E-state index is 0.598. The van der Waals surface area contributed by atoms with E-state index >= 15 is 0 Å². The maximum Gasteiger partial charge on any atom is 0.0950 e. The SMILES string of the molecule is COCCN(CCN)c1cnnc2ccccc12. The summed E-state index contributed by atoms with van der Waals surface area (Å²) in [6, 6.07) is 7.98. The number of nitrogens with two attached hydrogens (primary N) is 1. The number of hydrogen-bond acceptors (Lipinski definition) is 5. The Morgan fingerprint density at radius 2 is 2.11 bits per heavy atom. The molecule has 1 aromatic heterocycles. The molecule has 18 heavy (non-hydrogen) atoms. The Labute approximate surface area is 107 Å². The van der Waals surface area contributed by atoms with Gasteiger partial charge in [0.05, 0.1) is 24.0 Å². The summed E-state index contributed by atoms with van der Waals surface area (Å²) in [5.74, 6) is 0. The molecule has 1 aromatic carbocycles. The minimum absolute atomic E-state index is 0.598. The molecule has 0 radical (unpaired) electrons. The lowest BCUT2D eigenvalue weighted by Gasteiger charge is -2.24. The molecule has 0 saturated heterocycles. The van der Waals surface area contributed by atoms with Gasteiger partial charge in [0.15, 0.2) is 0 Å². The molecule has 0 atom stereocenters. The number of ether oxygens (including phenoxy) is 1. The highest BCUT2D eigenvalue weighted by Crippen LogP contribution is 2.23. The van der Waals surface area contributed by atoms with E-state index in [9.17, 15) is 0 Å². The summed E-state index contributed by atoms with van der Waals surface area (Å²) in [5, 5.41) is 9.27. The number of rotatable bonds is 6. The maximum atomic E-state index is 5.66. The molecule has 96 valence electrons. The van der Waals surface area contributed by atoms with Crippen LogP contribution in [0.25, 0.3) is 10.9 Å². The zero-order valence-electron chi connectivity index (χ0n) is 10.5. The van der Waals surface area contributed by atoms with E-state index in [2.05, 4.69) is 21.2 Å². The molecule has 0 aliphatic rings. The molecule has 1 heterocycles. The summed E-state index contributed by atoms with van der Waals surface area (Å²) in [7, 11) is 1.70. The molecule has 0 spiro atoms. The molecule has 0 unspecified atom stereocenters. The summed E-state index contributed by atoms with van der Waals surface area (Å²) in [6.07, 6.45) is 1.79. The molecule has 2 N–H and O–H groups in total.